The minimum atomic E-state index is -0.121. The van der Waals surface area contributed by atoms with E-state index in [9.17, 15) is 4.79 Å². The van der Waals surface area contributed by atoms with E-state index in [4.69, 9.17) is 16.3 Å². The summed E-state index contributed by atoms with van der Waals surface area (Å²) in [5.74, 6) is 1.21. The zero-order valence-electron chi connectivity index (χ0n) is 11.9. The lowest BCUT2D eigenvalue weighted by atomic mass is 9.94. The molecule has 1 saturated heterocycles. The van der Waals surface area contributed by atoms with Crippen molar-refractivity contribution in [1.29, 1.82) is 0 Å². The Hall–Kier alpha value is -1.26. The number of benzene rings is 1. The van der Waals surface area contributed by atoms with Crippen LogP contribution in [0.4, 0.5) is 5.69 Å². The maximum absolute atomic E-state index is 12.2. The average Bonchev–Trinajstić information content (AvgIpc) is 2.42. The first-order valence-electron chi connectivity index (χ1n) is 7.06. The molecular weight excluding hydrogens is 276 g/mol. The van der Waals surface area contributed by atoms with Gasteiger partial charge in [0.15, 0.2) is 0 Å². The summed E-state index contributed by atoms with van der Waals surface area (Å²) < 4.78 is 5.37. The molecule has 1 aliphatic rings. The number of anilines is 1. The van der Waals surface area contributed by atoms with E-state index in [1.807, 2.05) is 6.92 Å². The topological polar surface area (TPSA) is 50.4 Å². The second kappa shape index (κ2) is 6.95. The molecule has 1 aromatic carbocycles. The fourth-order valence-electron chi connectivity index (χ4n) is 2.39. The SMILES string of the molecule is CCOc1ccc(NC(=O)C2CC(C)CCN2)cc1Cl. The predicted molar refractivity (Wildman–Crippen MR) is 81.4 cm³/mol. The van der Waals surface area contributed by atoms with Gasteiger partial charge in [-0.15, -0.1) is 0 Å². The number of hydrogen-bond acceptors (Lipinski definition) is 3. The molecule has 20 heavy (non-hydrogen) atoms. The van der Waals surface area contributed by atoms with Crippen molar-refractivity contribution in [3.05, 3.63) is 23.2 Å². The monoisotopic (exact) mass is 296 g/mol. The van der Waals surface area contributed by atoms with Crippen molar-refractivity contribution in [2.24, 2.45) is 5.92 Å². The van der Waals surface area contributed by atoms with E-state index in [0.717, 1.165) is 19.4 Å². The summed E-state index contributed by atoms with van der Waals surface area (Å²) in [5.41, 5.74) is 0.698. The van der Waals surface area contributed by atoms with Crippen molar-refractivity contribution >= 4 is 23.2 Å². The van der Waals surface area contributed by atoms with Crippen LogP contribution in [-0.4, -0.2) is 25.1 Å². The molecule has 0 radical (unpaired) electrons. The van der Waals surface area contributed by atoms with Gasteiger partial charge in [-0.3, -0.25) is 4.79 Å². The number of hydrogen-bond donors (Lipinski definition) is 2. The zero-order valence-corrected chi connectivity index (χ0v) is 12.7. The molecular formula is C15H21ClN2O2. The van der Waals surface area contributed by atoms with E-state index < -0.39 is 0 Å². The van der Waals surface area contributed by atoms with E-state index in [1.54, 1.807) is 18.2 Å². The van der Waals surface area contributed by atoms with Crippen LogP contribution in [0.5, 0.6) is 5.75 Å². The number of carbonyl (C=O) groups excluding carboxylic acids is 1. The molecule has 2 unspecified atom stereocenters. The van der Waals surface area contributed by atoms with E-state index in [-0.39, 0.29) is 11.9 Å². The van der Waals surface area contributed by atoms with Gasteiger partial charge in [0.2, 0.25) is 5.91 Å². The van der Waals surface area contributed by atoms with Gasteiger partial charge in [-0.1, -0.05) is 18.5 Å². The molecule has 1 amide bonds. The van der Waals surface area contributed by atoms with Crippen LogP contribution in [0.15, 0.2) is 18.2 Å². The molecule has 1 heterocycles. The van der Waals surface area contributed by atoms with E-state index >= 15 is 0 Å². The van der Waals surface area contributed by atoms with E-state index in [1.165, 1.54) is 0 Å². The lowest BCUT2D eigenvalue weighted by Gasteiger charge is -2.27. The van der Waals surface area contributed by atoms with Crippen molar-refractivity contribution in [2.45, 2.75) is 32.7 Å². The Morgan fingerprint density at radius 1 is 1.55 bits per heavy atom. The fraction of sp³-hybridized carbons (Fsp3) is 0.533. The quantitative estimate of drug-likeness (QED) is 0.898. The normalized spacial score (nSPS) is 22.4. The van der Waals surface area contributed by atoms with Crippen LogP contribution in [0.25, 0.3) is 0 Å². The van der Waals surface area contributed by atoms with Gasteiger partial charge in [0.1, 0.15) is 5.75 Å². The van der Waals surface area contributed by atoms with Crippen molar-refractivity contribution in [3.63, 3.8) is 0 Å². The summed E-state index contributed by atoms with van der Waals surface area (Å²) in [6.07, 6.45) is 2.00. The smallest absolute Gasteiger partial charge is 0.241 e. The van der Waals surface area contributed by atoms with Crippen LogP contribution in [0.1, 0.15) is 26.7 Å². The molecule has 4 nitrogen and oxygen atoms in total. The highest BCUT2D eigenvalue weighted by Crippen LogP contribution is 2.28. The molecule has 1 aromatic rings. The van der Waals surface area contributed by atoms with Crippen molar-refractivity contribution < 1.29 is 9.53 Å². The third kappa shape index (κ3) is 3.87. The summed E-state index contributed by atoms with van der Waals surface area (Å²) in [6.45, 7) is 5.54. The first kappa shape index (κ1) is 15.1. The Morgan fingerprint density at radius 3 is 3.00 bits per heavy atom. The van der Waals surface area contributed by atoms with Gasteiger partial charge in [-0.25, -0.2) is 0 Å². The Morgan fingerprint density at radius 2 is 2.35 bits per heavy atom. The molecule has 0 aliphatic carbocycles. The first-order chi connectivity index (χ1) is 9.60. The van der Waals surface area contributed by atoms with Crippen LogP contribution in [0, 0.1) is 5.92 Å². The Balaban J connectivity index is 1.98. The number of carbonyl (C=O) groups is 1. The number of piperidine rings is 1. The van der Waals surface area contributed by atoms with E-state index in [0.29, 0.717) is 29.0 Å². The minimum absolute atomic E-state index is 0.00298. The molecule has 2 rings (SSSR count). The van der Waals surface area contributed by atoms with Gasteiger partial charge in [0.05, 0.1) is 17.7 Å². The van der Waals surface area contributed by atoms with Gasteiger partial charge < -0.3 is 15.4 Å². The average molecular weight is 297 g/mol. The Kier molecular flexibility index (Phi) is 5.26. The standard InChI is InChI=1S/C15H21ClN2O2/c1-3-20-14-5-4-11(9-12(14)16)18-15(19)13-8-10(2)6-7-17-13/h4-5,9-10,13,17H,3,6-8H2,1-2H3,(H,18,19). The summed E-state index contributed by atoms with van der Waals surface area (Å²) in [5, 5.41) is 6.66. The molecule has 1 aliphatic heterocycles. The highest BCUT2D eigenvalue weighted by atomic mass is 35.5. The maximum atomic E-state index is 12.2. The van der Waals surface area contributed by atoms with Gasteiger partial charge in [-0.2, -0.15) is 0 Å². The van der Waals surface area contributed by atoms with Gasteiger partial charge in [0.25, 0.3) is 0 Å². The molecule has 0 aromatic heterocycles. The summed E-state index contributed by atoms with van der Waals surface area (Å²) in [4.78, 5) is 12.2. The molecule has 0 spiro atoms. The Labute approximate surface area is 124 Å². The first-order valence-corrected chi connectivity index (χ1v) is 7.44. The van der Waals surface area contributed by atoms with Crippen LogP contribution < -0.4 is 15.4 Å². The minimum Gasteiger partial charge on any atom is -0.492 e. The maximum Gasteiger partial charge on any atom is 0.241 e. The van der Waals surface area contributed by atoms with Crippen molar-refractivity contribution in [3.8, 4) is 5.75 Å². The van der Waals surface area contributed by atoms with Crippen LogP contribution >= 0.6 is 11.6 Å². The molecule has 110 valence electrons. The van der Waals surface area contributed by atoms with E-state index in [2.05, 4.69) is 17.6 Å². The molecule has 0 bridgehead atoms. The number of ether oxygens (including phenoxy) is 1. The third-order valence-corrected chi connectivity index (χ3v) is 3.78. The predicted octanol–water partition coefficient (Wildman–Crippen LogP) is 3.07. The molecule has 0 saturated carbocycles. The summed E-state index contributed by atoms with van der Waals surface area (Å²) in [6, 6.07) is 5.18. The van der Waals surface area contributed by atoms with Gasteiger partial charge in [-0.05, 0) is 50.4 Å². The third-order valence-electron chi connectivity index (χ3n) is 3.48. The van der Waals surface area contributed by atoms with Crippen molar-refractivity contribution in [2.75, 3.05) is 18.5 Å². The fourth-order valence-corrected chi connectivity index (χ4v) is 2.62. The molecule has 1 fully saturated rings. The number of nitrogens with one attached hydrogen (secondary N) is 2. The second-order valence-electron chi connectivity index (χ2n) is 5.20. The lowest BCUT2D eigenvalue weighted by Crippen LogP contribution is -2.45. The van der Waals surface area contributed by atoms with Gasteiger partial charge >= 0.3 is 0 Å². The van der Waals surface area contributed by atoms with Crippen LogP contribution in [0.3, 0.4) is 0 Å². The Bertz CT molecular complexity index is 479. The lowest BCUT2D eigenvalue weighted by molar-refractivity contribution is -0.119. The summed E-state index contributed by atoms with van der Waals surface area (Å²) >= 11 is 6.11. The van der Waals surface area contributed by atoms with Crippen molar-refractivity contribution in [1.82, 2.24) is 5.32 Å². The number of rotatable bonds is 4. The number of amides is 1. The largest absolute Gasteiger partial charge is 0.492 e. The summed E-state index contributed by atoms with van der Waals surface area (Å²) in [7, 11) is 0. The van der Waals surface area contributed by atoms with Crippen LogP contribution in [0.2, 0.25) is 5.02 Å². The number of halogens is 1. The highest BCUT2D eigenvalue weighted by Gasteiger charge is 2.24. The molecule has 5 heteroatoms. The highest BCUT2D eigenvalue weighted by molar-refractivity contribution is 6.32. The zero-order chi connectivity index (χ0) is 14.5. The van der Waals surface area contributed by atoms with Crippen LogP contribution in [-0.2, 0) is 4.79 Å². The second-order valence-corrected chi connectivity index (χ2v) is 5.61. The molecule has 2 atom stereocenters. The van der Waals surface area contributed by atoms with Gasteiger partial charge in [0, 0.05) is 5.69 Å². The molecule has 2 N–H and O–H groups in total.